The van der Waals surface area contributed by atoms with E-state index in [1.54, 1.807) is 24.2 Å². The standard InChI is InChI=1S/C25H26F3N5O4S/c1-33-20-12-30-18-10-17(26)15(9-16(18)22(20)25(24(33)34)4-3-5-25)14-8-19(32-38(2,35)36)23(31-11-14)37-7-6-29-13-21(27)28/h8-12,21,29,32H,3-7,13H2,1-2H3. The van der Waals surface area contributed by atoms with Gasteiger partial charge in [0.25, 0.3) is 6.43 Å². The van der Waals surface area contributed by atoms with Crippen molar-refractivity contribution in [3.8, 4) is 17.0 Å². The highest BCUT2D eigenvalue weighted by Crippen LogP contribution is 2.55. The van der Waals surface area contributed by atoms with Crippen molar-refractivity contribution in [2.75, 3.05) is 42.6 Å². The highest BCUT2D eigenvalue weighted by molar-refractivity contribution is 7.92. The van der Waals surface area contributed by atoms with Gasteiger partial charge in [-0.15, -0.1) is 0 Å². The van der Waals surface area contributed by atoms with Crippen LogP contribution in [0, 0.1) is 5.82 Å². The monoisotopic (exact) mass is 549 g/mol. The molecule has 1 amide bonds. The Kier molecular flexibility index (Phi) is 6.68. The quantitative estimate of drug-likeness (QED) is 0.393. The van der Waals surface area contributed by atoms with Crippen LogP contribution in [0.3, 0.4) is 0 Å². The van der Waals surface area contributed by atoms with Gasteiger partial charge in [-0.1, -0.05) is 6.42 Å². The lowest BCUT2D eigenvalue weighted by atomic mass is 9.64. The van der Waals surface area contributed by atoms with Crippen LogP contribution in [-0.4, -0.2) is 63.7 Å². The molecule has 3 heterocycles. The van der Waals surface area contributed by atoms with Crippen LogP contribution in [0.1, 0.15) is 24.8 Å². The molecule has 2 aliphatic rings. The topological polar surface area (TPSA) is 114 Å². The molecule has 1 aliphatic carbocycles. The van der Waals surface area contributed by atoms with Gasteiger partial charge >= 0.3 is 0 Å². The number of hydrogen-bond donors (Lipinski definition) is 2. The summed E-state index contributed by atoms with van der Waals surface area (Å²) in [6.45, 7) is -0.478. The number of carbonyl (C=O) groups is 1. The first-order valence-electron chi connectivity index (χ1n) is 12.0. The van der Waals surface area contributed by atoms with Gasteiger partial charge in [0.1, 0.15) is 18.1 Å². The molecule has 0 atom stereocenters. The molecule has 3 aromatic rings. The highest BCUT2D eigenvalue weighted by atomic mass is 32.2. The van der Waals surface area contributed by atoms with Crippen molar-refractivity contribution in [3.05, 3.63) is 42.0 Å². The van der Waals surface area contributed by atoms with E-state index in [0.717, 1.165) is 18.2 Å². The van der Waals surface area contributed by atoms with E-state index in [1.807, 2.05) is 0 Å². The van der Waals surface area contributed by atoms with Crippen molar-refractivity contribution in [1.29, 1.82) is 0 Å². The van der Waals surface area contributed by atoms with E-state index in [2.05, 4.69) is 20.0 Å². The molecule has 0 bridgehead atoms. The van der Waals surface area contributed by atoms with E-state index in [0.29, 0.717) is 29.4 Å². The first-order valence-corrected chi connectivity index (χ1v) is 13.9. The number of halogens is 3. The summed E-state index contributed by atoms with van der Waals surface area (Å²) in [5.74, 6) is -0.672. The SMILES string of the molecule is CN1C(=O)C2(CCC2)c2c1cnc1cc(F)c(-c3cnc(OCCNCC(F)F)c(NS(C)(=O)=O)c3)cc21. The second kappa shape index (κ2) is 9.70. The third-order valence-electron chi connectivity index (χ3n) is 6.97. The minimum Gasteiger partial charge on any atom is -0.475 e. The highest BCUT2D eigenvalue weighted by Gasteiger charge is 2.54. The van der Waals surface area contributed by atoms with E-state index in [4.69, 9.17) is 4.74 Å². The number of ether oxygens (including phenoxy) is 1. The Labute approximate surface area is 217 Å². The van der Waals surface area contributed by atoms with Gasteiger partial charge in [-0.2, -0.15) is 0 Å². The second-order valence-electron chi connectivity index (χ2n) is 9.56. The number of alkyl halides is 2. The van der Waals surface area contributed by atoms with Crippen LogP contribution in [0.2, 0.25) is 0 Å². The number of sulfonamides is 1. The lowest BCUT2D eigenvalue weighted by Crippen LogP contribution is -2.43. The van der Waals surface area contributed by atoms with Gasteiger partial charge in [-0.25, -0.2) is 26.6 Å². The van der Waals surface area contributed by atoms with Gasteiger partial charge in [0, 0.05) is 47.9 Å². The number of aromatic nitrogens is 2. The lowest BCUT2D eigenvalue weighted by Gasteiger charge is -2.37. The van der Waals surface area contributed by atoms with Crippen molar-refractivity contribution < 1.29 is 31.1 Å². The van der Waals surface area contributed by atoms with Crippen molar-refractivity contribution >= 4 is 38.2 Å². The van der Waals surface area contributed by atoms with E-state index < -0.39 is 34.2 Å². The van der Waals surface area contributed by atoms with Gasteiger partial charge in [0.15, 0.2) is 0 Å². The number of fused-ring (bicyclic) bond motifs is 4. The van der Waals surface area contributed by atoms with Crippen molar-refractivity contribution in [3.63, 3.8) is 0 Å². The Bertz CT molecular complexity index is 1530. The minimum atomic E-state index is -3.75. The molecular formula is C25H26F3N5O4S. The van der Waals surface area contributed by atoms with Crippen LogP contribution in [0.15, 0.2) is 30.6 Å². The molecule has 9 nitrogen and oxygen atoms in total. The first-order chi connectivity index (χ1) is 18.0. The maximum Gasteiger partial charge on any atom is 0.250 e. The molecule has 38 heavy (non-hydrogen) atoms. The number of hydrogen-bond acceptors (Lipinski definition) is 7. The zero-order chi connectivity index (χ0) is 27.2. The fourth-order valence-electron chi connectivity index (χ4n) is 5.13. The zero-order valence-corrected chi connectivity index (χ0v) is 21.5. The normalized spacial score (nSPS) is 16.3. The summed E-state index contributed by atoms with van der Waals surface area (Å²) in [7, 11) is -2.04. The summed E-state index contributed by atoms with van der Waals surface area (Å²) in [6, 6.07) is 4.31. The average Bonchev–Trinajstić information content (AvgIpc) is 3.05. The van der Waals surface area contributed by atoms with Gasteiger partial charge in [0.2, 0.25) is 21.8 Å². The van der Waals surface area contributed by atoms with Crippen molar-refractivity contribution in [2.45, 2.75) is 31.1 Å². The fraction of sp³-hybridized carbons (Fsp3) is 0.400. The number of carbonyl (C=O) groups excluding carboxylic acids is 1. The molecule has 202 valence electrons. The summed E-state index contributed by atoms with van der Waals surface area (Å²) >= 11 is 0. The molecule has 0 radical (unpaired) electrons. The number of amides is 1. The summed E-state index contributed by atoms with van der Waals surface area (Å²) in [5, 5.41) is 3.16. The molecule has 2 N–H and O–H groups in total. The lowest BCUT2D eigenvalue weighted by molar-refractivity contribution is -0.125. The molecule has 1 aromatic carbocycles. The predicted molar refractivity (Wildman–Crippen MR) is 137 cm³/mol. The Morgan fingerprint density at radius 1 is 1.18 bits per heavy atom. The van der Waals surface area contributed by atoms with E-state index >= 15 is 4.39 Å². The van der Waals surface area contributed by atoms with Gasteiger partial charge in [0.05, 0.1) is 35.6 Å². The molecule has 1 fully saturated rings. The molecule has 0 unspecified atom stereocenters. The zero-order valence-electron chi connectivity index (χ0n) is 20.7. The summed E-state index contributed by atoms with van der Waals surface area (Å²) in [5.41, 5.74) is 1.70. The third kappa shape index (κ3) is 4.64. The maximum atomic E-state index is 15.3. The molecule has 2 aromatic heterocycles. The summed E-state index contributed by atoms with van der Waals surface area (Å²) in [6.07, 6.45) is 3.70. The molecule has 5 rings (SSSR count). The smallest absolute Gasteiger partial charge is 0.250 e. The number of nitrogens with one attached hydrogen (secondary N) is 2. The van der Waals surface area contributed by atoms with E-state index in [-0.39, 0.29) is 41.8 Å². The van der Waals surface area contributed by atoms with Crippen molar-refractivity contribution in [2.24, 2.45) is 0 Å². The Hall–Kier alpha value is -3.45. The molecule has 0 saturated heterocycles. The third-order valence-corrected chi connectivity index (χ3v) is 7.56. The van der Waals surface area contributed by atoms with Crippen LogP contribution in [0.5, 0.6) is 5.88 Å². The number of anilines is 2. The number of rotatable bonds is 9. The number of likely N-dealkylation sites (N-methyl/N-ethyl adjacent to an activating group) is 1. The Morgan fingerprint density at radius 2 is 1.95 bits per heavy atom. The minimum absolute atomic E-state index is 0.00442. The van der Waals surface area contributed by atoms with E-state index in [1.165, 1.54) is 18.3 Å². The number of nitrogens with zero attached hydrogens (tertiary/aromatic N) is 3. The molecule has 13 heteroatoms. The summed E-state index contributed by atoms with van der Waals surface area (Å²) < 4.78 is 71.7. The van der Waals surface area contributed by atoms with Gasteiger partial charge in [-0.05, 0) is 25.0 Å². The van der Waals surface area contributed by atoms with Crippen LogP contribution in [0.4, 0.5) is 24.5 Å². The second-order valence-corrected chi connectivity index (χ2v) is 11.3. The van der Waals surface area contributed by atoms with Gasteiger partial charge in [-0.3, -0.25) is 14.5 Å². The average molecular weight is 550 g/mol. The van der Waals surface area contributed by atoms with Crippen LogP contribution in [-0.2, 0) is 20.2 Å². The Morgan fingerprint density at radius 3 is 2.61 bits per heavy atom. The molecule has 1 saturated carbocycles. The van der Waals surface area contributed by atoms with Gasteiger partial charge < -0.3 is 15.0 Å². The molecular weight excluding hydrogens is 523 g/mol. The number of pyridine rings is 2. The molecule has 1 spiro atoms. The van der Waals surface area contributed by atoms with Crippen LogP contribution in [0.25, 0.3) is 22.0 Å². The first kappa shape index (κ1) is 26.2. The fourth-order valence-corrected chi connectivity index (χ4v) is 5.68. The summed E-state index contributed by atoms with van der Waals surface area (Å²) in [4.78, 5) is 23.3. The number of benzene rings is 1. The largest absolute Gasteiger partial charge is 0.475 e. The maximum absolute atomic E-state index is 15.3. The predicted octanol–water partition coefficient (Wildman–Crippen LogP) is 3.44. The van der Waals surface area contributed by atoms with E-state index in [9.17, 15) is 22.0 Å². The van der Waals surface area contributed by atoms with Crippen LogP contribution >= 0.6 is 0 Å². The Balaban J connectivity index is 1.55. The van der Waals surface area contributed by atoms with Crippen LogP contribution < -0.4 is 19.7 Å². The molecule has 1 aliphatic heterocycles. The van der Waals surface area contributed by atoms with Crippen molar-refractivity contribution in [1.82, 2.24) is 15.3 Å².